The molecule has 1 saturated heterocycles. The van der Waals surface area contributed by atoms with Crippen LogP contribution in [0.15, 0.2) is 36.7 Å². The number of anilines is 2. The minimum atomic E-state index is -1.03. The summed E-state index contributed by atoms with van der Waals surface area (Å²) < 4.78 is 23.8. The second kappa shape index (κ2) is 14.5. The van der Waals surface area contributed by atoms with E-state index in [0.717, 1.165) is 5.46 Å². The topological polar surface area (TPSA) is 167 Å². The summed E-state index contributed by atoms with van der Waals surface area (Å²) in [6, 6.07) is 6.86. The fourth-order valence-electron chi connectivity index (χ4n) is 4.76. The van der Waals surface area contributed by atoms with Crippen LogP contribution in [0.1, 0.15) is 97.9 Å². The summed E-state index contributed by atoms with van der Waals surface area (Å²) in [4.78, 5) is 45.1. The van der Waals surface area contributed by atoms with Gasteiger partial charge in [0.2, 0.25) is 0 Å². The molecule has 266 valence electrons. The van der Waals surface area contributed by atoms with Crippen molar-refractivity contribution in [3.8, 4) is 5.69 Å². The number of hydrogen-bond donors (Lipinski definition) is 2. The van der Waals surface area contributed by atoms with Gasteiger partial charge >= 0.3 is 25.3 Å². The minimum absolute atomic E-state index is 0.301. The van der Waals surface area contributed by atoms with Crippen LogP contribution in [-0.4, -0.2) is 79.1 Å². The number of esters is 1. The second-order valence-electron chi connectivity index (χ2n) is 14.5. The van der Waals surface area contributed by atoms with Crippen molar-refractivity contribution in [1.29, 1.82) is 0 Å². The molecule has 2 amide bonds. The van der Waals surface area contributed by atoms with E-state index in [1.807, 2.05) is 48.5 Å². The van der Waals surface area contributed by atoms with Gasteiger partial charge in [0.25, 0.3) is 0 Å². The molecule has 3 aromatic heterocycles. The summed E-state index contributed by atoms with van der Waals surface area (Å²) >= 11 is 0. The molecule has 4 rings (SSSR count). The summed E-state index contributed by atoms with van der Waals surface area (Å²) in [5, 5.41) is 16.4. The van der Waals surface area contributed by atoms with E-state index < -0.39 is 47.6 Å². The Labute approximate surface area is 288 Å². The van der Waals surface area contributed by atoms with Crippen molar-refractivity contribution in [3.05, 3.63) is 53.6 Å². The predicted octanol–water partition coefficient (Wildman–Crippen LogP) is 6.07. The highest BCUT2D eigenvalue weighted by atomic mass is 16.7. The molecule has 0 spiro atoms. The first-order chi connectivity index (χ1) is 22.5. The minimum Gasteiger partial charge on any atom is -0.465 e. The molecule has 0 saturated carbocycles. The zero-order valence-corrected chi connectivity index (χ0v) is 30.8. The molecule has 0 aliphatic carbocycles. The van der Waals surface area contributed by atoms with E-state index in [2.05, 4.69) is 20.4 Å². The third-order valence-corrected chi connectivity index (χ3v) is 7.78. The smallest absolute Gasteiger partial charge is 0.465 e. The van der Waals surface area contributed by atoms with Crippen molar-refractivity contribution in [2.75, 3.05) is 16.8 Å². The van der Waals surface area contributed by atoms with Crippen molar-refractivity contribution in [3.63, 3.8) is 0 Å². The molecule has 1 aliphatic heterocycles. The number of hydrogen-bond acceptors (Lipinski definition) is 10. The third-order valence-electron chi connectivity index (χ3n) is 7.78. The number of aromatic nitrogens is 4. The fraction of sp³-hybridized carbons (Fsp3) is 0.529. The van der Waals surface area contributed by atoms with Crippen molar-refractivity contribution >= 4 is 42.4 Å². The second-order valence-corrected chi connectivity index (χ2v) is 14.5. The van der Waals surface area contributed by atoms with Gasteiger partial charge in [-0.1, -0.05) is 6.07 Å². The summed E-state index contributed by atoms with van der Waals surface area (Å²) in [7, 11) is -0.505. The number of nitrogens with zero attached hydrogens (tertiary/aromatic N) is 5. The molecule has 0 bridgehead atoms. The highest BCUT2D eigenvalue weighted by Crippen LogP contribution is 2.36. The first-order valence-corrected chi connectivity index (χ1v) is 16.0. The molecule has 3 aromatic rings. The van der Waals surface area contributed by atoms with Crippen LogP contribution >= 0.6 is 0 Å². The van der Waals surface area contributed by atoms with Crippen LogP contribution in [0.5, 0.6) is 0 Å². The lowest BCUT2D eigenvalue weighted by Gasteiger charge is -2.32. The van der Waals surface area contributed by atoms with E-state index in [-0.39, 0.29) is 0 Å². The number of carbonyl (C=O) groups excluding carboxylic acids is 2. The lowest BCUT2D eigenvalue weighted by atomic mass is 9.80. The number of amides is 2. The Morgan fingerprint density at radius 2 is 1.57 bits per heavy atom. The van der Waals surface area contributed by atoms with Gasteiger partial charge in [-0.15, -0.1) is 0 Å². The molecule has 1 fully saturated rings. The molecule has 0 unspecified atom stereocenters. The molecule has 2 N–H and O–H groups in total. The molecule has 0 radical (unpaired) electrons. The van der Waals surface area contributed by atoms with Gasteiger partial charge in [0.05, 0.1) is 41.1 Å². The van der Waals surface area contributed by atoms with E-state index in [1.165, 1.54) is 4.90 Å². The Balaban J connectivity index is 0.000000267. The summed E-state index contributed by atoms with van der Waals surface area (Å²) in [6.45, 7) is 24.4. The highest BCUT2D eigenvalue weighted by molar-refractivity contribution is 6.62. The first kappa shape index (κ1) is 38.9. The molecule has 4 heterocycles. The quantitative estimate of drug-likeness (QED) is 0.229. The summed E-state index contributed by atoms with van der Waals surface area (Å²) in [5.74, 6) is 0.338. The molecule has 15 heteroatoms. The number of carbonyl (C=O) groups is 3. The molecule has 0 aromatic carbocycles. The Kier molecular flexibility index (Phi) is 11.6. The predicted molar refractivity (Wildman–Crippen MR) is 187 cm³/mol. The van der Waals surface area contributed by atoms with Gasteiger partial charge < -0.3 is 23.9 Å². The number of carboxylic acid groups (broad SMARTS) is 1. The maximum absolute atomic E-state index is 12.1. The number of nitrogens with one attached hydrogen (secondary N) is 1. The first-order valence-electron chi connectivity index (χ1n) is 16.0. The van der Waals surface area contributed by atoms with E-state index in [1.54, 1.807) is 82.9 Å². The third kappa shape index (κ3) is 9.57. The van der Waals surface area contributed by atoms with Crippen molar-refractivity contribution in [1.82, 2.24) is 19.7 Å². The normalized spacial score (nSPS) is 15.2. The Hall–Kier alpha value is -4.50. The average molecular weight is 681 g/mol. The van der Waals surface area contributed by atoms with Gasteiger partial charge in [-0.3, -0.25) is 10.2 Å². The maximum Gasteiger partial charge on any atom is 0.496 e. The highest BCUT2D eigenvalue weighted by Gasteiger charge is 2.51. The maximum atomic E-state index is 12.1. The van der Waals surface area contributed by atoms with Gasteiger partial charge in [-0.05, 0) is 108 Å². The molecule has 14 nitrogen and oxygen atoms in total. The van der Waals surface area contributed by atoms with Crippen LogP contribution in [0.4, 0.5) is 21.2 Å². The van der Waals surface area contributed by atoms with E-state index in [9.17, 15) is 19.5 Å². The van der Waals surface area contributed by atoms with Crippen LogP contribution in [0.2, 0.25) is 0 Å². The molecule has 0 atom stereocenters. The standard InChI is InChI=1S/C18H24N4O4.C16H25BN2O4/c1-7-25-16(23)15-11(2)21-22(12(15)3)13-8-9-14(19-10-13)20-17(24)26-18(4,5)6;1-14(2,3)19(13(20)21)12-9-8-11(10-18-12)17-22-15(4,5)16(6,7)23-17/h8-10H,7H2,1-6H3,(H,19,20,24);8-10H,1-7H3,(H,20,21). The lowest BCUT2D eigenvalue weighted by Crippen LogP contribution is -2.46. The Morgan fingerprint density at radius 1 is 0.959 bits per heavy atom. The van der Waals surface area contributed by atoms with Gasteiger partial charge in [0.1, 0.15) is 22.8 Å². The monoisotopic (exact) mass is 680 g/mol. The fourth-order valence-corrected chi connectivity index (χ4v) is 4.76. The molecule has 49 heavy (non-hydrogen) atoms. The number of ether oxygens (including phenoxy) is 2. The van der Waals surface area contributed by atoms with Crippen molar-refractivity contribution < 1.29 is 38.3 Å². The van der Waals surface area contributed by atoms with Crippen LogP contribution in [0, 0.1) is 13.8 Å². The number of pyridine rings is 2. The lowest BCUT2D eigenvalue weighted by molar-refractivity contribution is 0.00578. The molecular formula is C34H49BN6O8. The molecule has 1 aliphatic rings. The van der Waals surface area contributed by atoms with Crippen LogP contribution in [0.25, 0.3) is 5.69 Å². The Morgan fingerprint density at radius 3 is 2.02 bits per heavy atom. The summed E-state index contributed by atoms with van der Waals surface area (Å²) in [6.07, 6.45) is 1.56. The number of aryl methyl sites for hydroxylation is 1. The SMILES string of the molecule is CC(C)(C)N(C(=O)O)c1ccc(B2OC(C)(C)C(C)(C)O2)cn1.CCOC(=O)c1c(C)nn(-c2ccc(NC(=O)OC(C)(C)C)nc2)c1C. The zero-order valence-electron chi connectivity index (χ0n) is 30.8. The van der Waals surface area contributed by atoms with Gasteiger partial charge in [0.15, 0.2) is 0 Å². The zero-order chi connectivity index (χ0) is 37.1. The van der Waals surface area contributed by atoms with Crippen LogP contribution in [-0.2, 0) is 18.8 Å². The van der Waals surface area contributed by atoms with Crippen molar-refractivity contribution in [2.24, 2.45) is 0 Å². The largest absolute Gasteiger partial charge is 0.496 e. The van der Waals surface area contributed by atoms with Gasteiger partial charge in [0, 0.05) is 17.2 Å². The van der Waals surface area contributed by atoms with Crippen LogP contribution < -0.4 is 15.7 Å². The molecular weight excluding hydrogens is 631 g/mol. The van der Waals surface area contributed by atoms with E-state index in [0.29, 0.717) is 40.9 Å². The summed E-state index contributed by atoms with van der Waals surface area (Å²) in [5.41, 5.74) is 1.11. The van der Waals surface area contributed by atoms with Crippen LogP contribution in [0.3, 0.4) is 0 Å². The van der Waals surface area contributed by atoms with Crippen molar-refractivity contribution in [2.45, 2.75) is 112 Å². The van der Waals surface area contributed by atoms with E-state index in [4.69, 9.17) is 18.8 Å². The number of rotatable bonds is 6. The van der Waals surface area contributed by atoms with Gasteiger partial charge in [-0.25, -0.2) is 29.0 Å². The average Bonchev–Trinajstić information content (AvgIpc) is 3.37. The Bertz CT molecular complexity index is 1620. The van der Waals surface area contributed by atoms with E-state index >= 15 is 0 Å². The van der Waals surface area contributed by atoms with Gasteiger partial charge in [-0.2, -0.15) is 5.10 Å².